The minimum Gasteiger partial charge on any atom is -0.342 e. The molecule has 3 aliphatic heterocycles. The number of nitrogens with zero attached hydrogens (tertiary/aromatic N) is 3. The Morgan fingerprint density at radius 1 is 0.712 bits per heavy atom. The summed E-state index contributed by atoms with van der Waals surface area (Å²) in [5.74, 6) is 1.01. The molecule has 10 heteroatoms. The second-order valence-electron chi connectivity index (χ2n) is 15.3. The number of carbonyl (C=O) groups excluding carboxylic acids is 4. The lowest BCUT2D eigenvalue weighted by Crippen LogP contribution is -2.55. The van der Waals surface area contributed by atoms with Crippen molar-refractivity contribution in [3.63, 3.8) is 0 Å². The summed E-state index contributed by atoms with van der Waals surface area (Å²) < 4.78 is 0. The zero-order valence-electron chi connectivity index (χ0n) is 30.4. The maximum atomic E-state index is 14.2. The van der Waals surface area contributed by atoms with E-state index in [1.165, 1.54) is 51.4 Å². The van der Waals surface area contributed by atoms with Crippen molar-refractivity contribution in [2.45, 2.75) is 102 Å². The van der Waals surface area contributed by atoms with Crippen molar-refractivity contribution in [1.29, 1.82) is 0 Å². The van der Waals surface area contributed by atoms with Gasteiger partial charge in [0, 0.05) is 49.8 Å². The highest BCUT2D eigenvalue weighted by atomic mass is 16.2. The number of hydrogen-bond donors (Lipinski definition) is 3. The average Bonchev–Trinajstić information content (AvgIpc) is 3.32. The molecule has 0 spiro atoms. The number of nitrogens with one attached hydrogen (secondary N) is 3. The molecule has 1 saturated carbocycles. The SMILES string of the molecule is O=C(Nc1cccc2ccccc12)N[C@@H](CC(=O)N1CCC(N2Cc3ccccc3NC2=O)CC1)C(=O)N1CCC(C2CCCCCCCC2)CC1. The molecule has 0 unspecified atom stereocenters. The van der Waals surface area contributed by atoms with Crippen LogP contribution >= 0.6 is 0 Å². The van der Waals surface area contributed by atoms with Crippen LogP contribution in [0.4, 0.5) is 21.0 Å². The Morgan fingerprint density at radius 2 is 1.35 bits per heavy atom. The number of carbonyl (C=O) groups is 4. The molecule has 0 bridgehead atoms. The standard InChI is InChI=1S/C42H54N6O4/c49-39(46-26-22-34(23-27-46)48-29-33-15-8-10-18-36(33)45-42(48)52)28-38(44-41(51)43-37-19-11-16-32-14-7-9-17-35(32)37)40(50)47-24-20-31(21-25-47)30-12-5-3-1-2-4-6-13-30/h7-11,14-19,30-31,34,38H,1-6,12-13,20-29H2,(H,45,52)(H2,43,44,51)/t38-/m0/s1. The zero-order valence-corrected chi connectivity index (χ0v) is 30.4. The van der Waals surface area contributed by atoms with E-state index in [1.807, 2.05) is 76.5 Å². The van der Waals surface area contributed by atoms with Gasteiger partial charge in [-0.2, -0.15) is 0 Å². The first-order chi connectivity index (χ1) is 25.4. The first kappa shape index (κ1) is 35.8. The lowest BCUT2D eigenvalue weighted by molar-refractivity contribution is -0.140. The number of amides is 6. The zero-order chi connectivity index (χ0) is 35.9. The van der Waals surface area contributed by atoms with Crippen molar-refractivity contribution in [1.82, 2.24) is 20.0 Å². The fourth-order valence-electron chi connectivity index (χ4n) is 9.05. The molecule has 3 N–H and O–H groups in total. The highest BCUT2D eigenvalue weighted by Crippen LogP contribution is 2.34. The lowest BCUT2D eigenvalue weighted by Gasteiger charge is -2.41. The molecule has 10 nitrogen and oxygen atoms in total. The van der Waals surface area contributed by atoms with E-state index in [2.05, 4.69) is 16.0 Å². The van der Waals surface area contributed by atoms with Gasteiger partial charge in [0.05, 0.1) is 12.1 Å². The third-order valence-electron chi connectivity index (χ3n) is 12.1. The van der Waals surface area contributed by atoms with Gasteiger partial charge in [-0.15, -0.1) is 0 Å². The monoisotopic (exact) mass is 706 g/mol. The van der Waals surface area contributed by atoms with Crippen LogP contribution in [0, 0.1) is 11.8 Å². The van der Waals surface area contributed by atoms with Gasteiger partial charge in [-0.05, 0) is 60.6 Å². The molecule has 276 valence electrons. The van der Waals surface area contributed by atoms with E-state index < -0.39 is 12.1 Å². The van der Waals surface area contributed by atoms with Crippen LogP contribution in [0.25, 0.3) is 10.8 Å². The highest BCUT2D eigenvalue weighted by molar-refractivity contribution is 6.03. The van der Waals surface area contributed by atoms with Crippen molar-refractivity contribution < 1.29 is 19.2 Å². The van der Waals surface area contributed by atoms with Crippen LogP contribution in [0.15, 0.2) is 66.7 Å². The van der Waals surface area contributed by atoms with Crippen LogP contribution in [0.1, 0.15) is 89.0 Å². The second kappa shape index (κ2) is 16.8. The molecule has 0 radical (unpaired) electrons. The fraction of sp³-hybridized carbons (Fsp3) is 0.524. The first-order valence-electron chi connectivity index (χ1n) is 19.7. The van der Waals surface area contributed by atoms with Crippen molar-refractivity contribution in [3.05, 3.63) is 72.3 Å². The fourth-order valence-corrected chi connectivity index (χ4v) is 9.05. The molecule has 4 aliphatic rings. The highest BCUT2D eigenvalue weighted by Gasteiger charge is 2.36. The van der Waals surface area contributed by atoms with Gasteiger partial charge in [0.2, 0.25) is 11.8 Å². The average molecular weight is 707 g/mol. The van der Waals surface area contributed by atoms with E-state index in [9.17, 15) is 19.2 Å². The van der Waals surface area contributed by atoms with Crippen molar-refractivity contribution in [2.24, 2.45) is 11.8 Å². The number of urea groups is 2. The largest absolute Gasteiger partial charge is 0.342 e. The summed E-state index contributed by atoms with van der Waals surface area (Å²) in [5.41, 5.74) is 2.58. The Bertz CT molecular complexity index is 1710. The van der Waals surface area contributed by atoms with Gasteiger partial charge < -0.3 is 30.7 Å². The topological polar surface area (TPSA) is 114 Å². The van der Waals surface area contributed by atoms with Gasteiger partial charge >= 0.3 is 12.1 Å². The first-order valence-corrected chi connectivity index (χ1v) is 19.7. The maximum Gasteiger partial charge on any atom is 0.322 e. The summed E-state index contributed by atoms with van der Waals surface area (Å²) in [6, 6.07) is 19.8. The summed E-state index contributed by atoms with van der Waals surface area (Å²) in [7, 11) is 0. The third kappa shape index (κ3) is 8.54. The Balaban J connectivity index is 0.994. The smallest absolute Gasteiger partial charge is 0.322 e. The molecular weight excluding hydrogens is 652 g/mol. The predicted molar refractivity (Wildman–Crippen MR) is 205 cm³/mol. The molecule has 2 saturated heterocycles. The molecule has 3 heterocycles. The van der Waals surface area contributed by atoms with E-state index >= 15 is 0 Å². The summed E-state index contributed by atoms with van der Waals surface area (Å²) in [6.07, 6.45) is 13.7. The van der Waals surface area contributed by atoms with E-state index in [0.29, 0.717) is 57.2 Å². The second-order valence-corrected chi connectivity index (χ2v) is 15.3. The van der Waals surface area contributed by atoms with Gasteiger partial charge in [-0.1, -0.05) is 106 Å². The van der Waals surface area contributed by atoms with Gasteiger partial charge in [0.25, 0.3) is 0 Å². The van der Waals surface area contributed by atoms with Crippen LogP contribution in [0.5, 0.6) is 0 Å². The van der Waals surface area contributed by atoms with E-state index in [0.717, 1.165) is 40.8 Å². The number of piperidine rings is 2. The van der Waals surface area contributed by atoms with Crippen molar-refractivity contribution in [2.75, 3.05) is 36.8 Å². The van der Waals surface area contributed by atoms with Gasteiger partial charge in [-0.25, -0.2) is 9.59 Å². The summed E-state index contributed by atoms with van der Waals surface area (Å²) in [6.45, 7) is 2.84. The number of para-hydroxylation sites is 1. The molecule has 3 aromatic carbocycles. The number of hydrogen-bond acceptors (Lipinski definition) is 4. The molecular formula is C42H54N6O4. The van der Waals surface area contributed by atoms with Gasteiger partial charge in [-0.3, -0.25) is 9.59 Å². The quantitative estimate of drug-likeness (QED) is 0.233. The molecule has 3 aromatic rings. The van der Waals surface area contributed by atoms with Crippen LogP contribution in [0.3, 0.4) is 0 Å². The molecule has 3 fully saturated rings. The lowest BCUT2D eigenvalue weighted by atomic mass is 9.79. The molecule has 6 amide bonds. The van der Waals surface area contributed by atoms with Crippen LogP contribution in [-0.4, -0.2) is 76.8 Å². The molecule has 1 aliphatic carbocycles. The Kier molecular flexibility index (Phi) is 11.6. The Morgan fingerprint density at radius 3 is 2.12 bits per heavy atom. The maximum absolute atomic E-state index is 14.2. The molecule has 52 heavy (non-hydrogen) atoms. The number of benzene rings is 3. The number of likely N-dealkylation sites (tertiary alicyclic amines) is 2. The Labute approximate surface area is 307 Å². The molecule has 1 atom stereocenters. The van der Waals surface area contributed by atoms with E-state index in [-0.39, 0.29) is 30.3 Å². The molecule has 7 rings (SSSR count). The van der Waals surface area contributed by atoms with Crippen molar-refractivity contribution >= 4 is 46.0 Å². The summed E-state index contributed by atoms with van der Waals surface area (Å²) in [4.78, 5) is 60.1. The van der Waals surface area contributed by atoms with Crippen LogP contribution in [0.2, 0.25) is 0 Å². The minimum atomic E-state index is -0.981. The molecule has 0 aromatic heterocycles. The van der Waals surface area contributed by atoms with Gasteiger partial charge in [0.1, 0.15) is 6.04 Å². The van der Waals surface area contributed by atoms with Gasteiger partial charge in [0.15, 0.2) is 0 Å². The number of fused-ring (bicyclic) bond motifs is 2. The third-order valence-corrected chi connectivity index (χ3v) is 12.1. The normalized spacial score (nSPS) is 20.2. The summed E-state index contributed by atoms with van der Waals surface area (Å²) in [5, 5.41) is 10.8. The van der Waals surface area contributed by atoms with E-state index in [4.69, 9.17) is 0 Å². The van der Waals surface area contributed by atoms with Crippen LogP contribution < -0.4 is 16.0 Å². The number of rotatable bonds is 7. The van der Waals surface area contributed by atoms with E-state index in [1.54, 1.807) is 4.90 Å². The predicted octanol–water partition coefficient (Wildman–Crippen LogP) is 7.75. The van der Waals surface area contributed by atoms with Crippen molar-refractivity contribution in [3.8, 4) is 0 Å². The Hall–Kier alpha value is -4.60. The minimum absolute atomic E-state index is 0.0166. The van der Waals surface area contributed by atoms with Crippen LogP contribution in [-0.2, 0) is 16.1 Å². The number of anilines is 2. The summed E-state index contributed by atoms with van der Waals surface area (Å²) >= 11 is 0.